The molecule has 0 radical (unpaired) electrons. The van der Waals surface area contributed by atoms with E-state index >= 15 is 0 Å². The van der Waals surface area contributed by atoms with Gasteiger partial charge in [0.15, 0.2) is 0 Å². The van der Waals surface area contributed by atoms with Crippen molar-refractivity contribution in [3.63, 3.8) is 0 Å². The molecule has 0 spiro atoms. The first-order valence-electron chi connectivity index (χ1n) is 7.89. The van der Waals surface area contributed by atoms with E-state index in [0.717, 1.165) is 37.9 Å². The van der Waals surface area contributed by atoms with Crippen LogP contribution in [0.25, 0.3) is 0 Å². The van der Waals surface area contributed by atoms with Gasteiger partial charge < -0.3 is 5.32 Å². The second kappa shape index (κ2) is 7.92. The molecular weight excluding hydrogens is 284 g/mol. The minimum Gasteiger partial charge on any atom is -0.317 e. The highest BCUT2D eigenvalue weighted by Gasteiger charge is 2.24. The van der Waals surface area contributed by atoms with Crippen LogP contribution in [-0.2, 0) is 23.0 Å². The van der Waals surface area contributed by atoms with Crippen LogP contribution in [0.5, 0.6) is 0 Å². The highest BCUT2D eigenvalue weighted by Crippen LogP contribution is 2.20. The van der Waals surface area contributed by atoms with Crippen LogP contribution in [0.2, 0.25) is 0 Å². The third-order valence-corrected chi connectivity index (χ3v) is 5.80. The van der Waals surface area contributed by atoms with Crippen LogP contribution < -0.4 is 5.32 Å². The van der Waals surface area contributed by atoms with Crippen LogP contribution in [-0.4, -0.2) is 38.1 Å². The maximum Gasteiger partial charge on any atom is 0.214 e. The Labute approximate surface area is 128 Å². The summed E-state index contributed by atoms with van der Waals surface area (Å²) in [5, 5.41) is 3.26. The topological polar surface area (TPSA) is 49.4 Å². The summed E-state index contributed by atoms with van der Waals surface area (Å²) in [5.41, 5.74) is 2.45. The Morgan fingerprint density at radius 3 is 2.71 bits per heavy atom. The Morgan fingerprint density at radius 1 is 1.19 bits per heavy atom. The van der Waals surface area contributed by atoms with Gasteiger partial charge in [-0.25, -0.2) is 8.42 Å². The number of fused-ring (bicyclic) bond motifs is 1. The normalized spacial score (nSPS) is 16.4. The van der Waals surface area contributed by atoms with E-state index in [1.807, 2.05) is 18.2 Å². The fraction of sp³-hybridized carbons (Fsp3) is 0.625. The molecule has 1 aliphatic rings. The zero-order chi connectivity index (χ0) is 15.1. The summed E-state index contributed by atoms with van der Waals surface area (Å²) in [7, 11) is -3.14. The molecule has 4 nitrogen and oxygen atoms in total. The molecule has 0 aliphatic carbocycles. The molecule has 5 heteroatoms. The van der Waals surface area contributed by atoms with E-state index < -0.39 is 10.0 Å². The number of rotatable bonds is 7. The van der Waals surface area contributed by atoms with Crippen molar-refractivity contribution in [2.24, 2.45) is 0 Å². The van der Waals surface area contributed by atoms with Gasteiger partial charge >= 0.3 is 0 Å². The summed E-state index contributed by atoms with van der Waals surface area (Å²) in [6.45, 7) is 5.01. The largest absolute Gasteiger partial charge is 0.317 e. The van der Waals surface area contributed by atoms with Crippen molar-refractivity contribution in [1.29, 1.82) is 0 Å². The lowest BCUT2D eigenvalue weighted by Crippen LogP contribution is -2.33. The third kappa shape index (κ3) is 4.80. The summed E-state index contributed by atoms with van der Waals surface area (Å²) >= 11 is 0. The lowest BCUT2D eigenvalue weighted by Gasteiger charge is -2.20. The smallest absolute Gasteiger partial charge is 0.214 e. The van der Waals surface area contributed by atoms with Crippen molar-refractivity contribution in [3.8, 4) is 0 Å². The SMILES string of the molecule is CCCNCCCS(=O)(=O)N1CCCc2ccccc2C1. The summed E-state index contributed by atoms with van der Waals surface area (Å²) in [6.07, 6.45) is 3.64. The van der Waals surface area contributed by atoms with Crippen LogP contribution in [0.1, 0.15) is 37.3 Å². The van der Waals surface area contributed by atoms with Crippen molar-refractivity contribution in [2.45, 2.75) is 39.2 Å². The first kappa shape index (κ1) is 16.5. The molecule has 0 aromatic heterocycles. The van der Waals surface area contributed by atoms with Crippen LogP contribution in [0.3, 0.4) is 0 Å². The lowest BCUT2D eigenvalue weighted by atomic mass is 10.0. The Bertz CT molecular complexity index is 543. The summed E-state index contributed by atoms with van der Waals surface area (Å²) in [5.74, 6) is 0.242. The van der Waals surface area contributed by atoms with Crippen LogP contribution in [0.4, 0.5) is 0 Å². The lowest BCUT2D eigenvalue weighted by molar-refractivity contribution is 0.409. The molecule has 1 N–H and O–H groups in total. The zero-order valence-corrected chi connectivity index (χ0v) is 13.7. The minimum atomic E-state index is -3.14. The first-order valence-corrected chi connectivity index (χ1v) is 9.49. The Balaban J connectivity index is 1.94. The van der Waals surface area contributed by atoms with Crippen LogP contribution in [0.15, 0.2) is 24.3 Å². The molecule has 0 saturated heterocycles. The number of nitrogens with zero attached hydrogens (tertiary/aromatic N) is 1. The van der Waals surface area contributed by atoms with Gasteiger partial charge in [0.2, 0.25) is 10.0 Å². The molecule has 1 aliphatic heterocycles. The molecule has 118 valence electrons. The molecular formula is C16H26N2O2S. The van der Waals surface area contributed by atoms with Gasteiger partial charge in [-0.1, -0.05) is 31.2 Å². The van der Waals surface area contributed by atoms with E-state index in [1.54, 1.807) is 4.31 Å². The van der Waals surface area contributed by atoms with Gasteiger partial charge in [-0.05, 0) is 49.9 Å². The van der Waals surface area contributed by atoms with Crippen molar-refractivity contribution in [3.05, 3.63) is 35.4 Å². The fourth-order valence-corrected chi connectivity index (χ4v) is 4.23. The molecule has 0 unspecified atom stereocenters. The number of aryl methyl sites for hydroxylation is 1. The van der Waals surface area contributed by atoms with E-state index in [4.69, 9.17) is 0 Å². The predicted octanol–water partition coefficient (Wildman–Crippen LogP) is 2.15. The number of nitrogens with one attached hydrogen (secondary N) is 1. The van der Waals surface area contributed by atoms with Crippen LogP contribution in [0, 0.1) is 0 Å². The molecule has 0 atom stereocenters. The van der Waals surface area contributed by atoms with E-state index in [2.05, 4.69) is 18.3 Å². The first-order chi connectivity index (χ1) is 10.1. The summed E-state index contributed by atoms with van der Waals surface area (Å²) in [6, 6.07) is 8.18. The van der Waals surface area contributed by atoms with Gasteiger partial charge in [0.05, 0.1) is 5.75 Å². The number of benzene rings is 1. The maximum atomic E-state index is 12.5. The van der Waals surface area contributed by atoms with Crippen molar-refractivity contribution >= 4 is 10.0 Å². The average Bonchev–Trinajstić information content (AvgIpc) is 2.69. The quantitative estimate of drug-likeness (QED) is 0.785. The van der Waals surface area contributed by atoms with Gasteiger partial charge in [-0.2, -0.15) is 4.31 Å². The summed E-state index contributed by atoms with van der Waals surface area (Å²) < 4.78 is 26.6. The van der Waals surface area contributed by atoms with Crippen molar-refractivity contribution in [2.75, 3.05) is 25.4 Å². The highest BCUT2D eigenvalue weighted by molar-refractivity contribution is 7.89. The van der Waals surface area contributed by atoms with E-state index in [-0.39, 0.29) is 5.75 Å². The minimum absolute atomic E-state index is 0.242. The van der Waals surface area contributed by atoms with Gasteiger partial charge in [-0.3, -0.25) is 0 Å². The second-order valence-corrected chi connectivity index (χ2v) is 7.71. The number of hydrogen-bond acceptors (Lipinski definition) is 3. The monoisotopic (exact) mass is 310 g/mol. The van der Waals surface area contributed by atoms with Crippen molar-refractivity contribution < 1.29 is 8.42 Å². The van der Waals surface area contributed by atoms with E-state index in [0.29, 0.717) is 19.5 Å². The van der Waals surface area contributed by atoms with E-state index in [9.17, 15) is 8.42 Å². The molecule has 0 bridgehead atoms. The maximum absolute atomic E-state index is 12.5. The van der Waals surface area contributed by atoms with Gasteiger partial charge in [0, 0.05) is 13.1 Å². The average molecular weight is 310 g/mol. The van der Waals surface area contributed by atoms with Crippen molar-refractivity contribution in [1.82, 2.24) is 9.62 Å². The molecule has 2 rings (SSSR count). The third-order valence-electron chi connectivity index (χ3n) is 3.89. The number of hydrogen-bond donors (Lipinski definition) is 1. The molecule has 1 aromatic carbocycles. The van der Waals surface area contributed by atoms with Gasteiger partial charge in [0.25, 0.3) is 0 Å². The standard InChI is InChI=1S/C16H26N2O2S/c1-2-10-17-11-6-13-21(19,20)18-12-5-9-15-7-3-4-8-16(15)14-18/h3-4,7-8,17H,2,5-6,9-14H2,1H3. The van der Waals surface area contributed by atoms with Gasteiger partial charge in [-0.15, -0.1) is 0 Å². The fourth-order valence-electron chi connectivity index (χ4n) is 2.72. The molecule has 0 saturated carbocycles. The molecule has 1 aromatic rings. The predicted molar refractivity (Wildman–Crippen MR) is 86.7 cm³/mol. The Hall–Kier alpha value is -0.910. The Morgan fingerprint density at radius 2 is 1.95 bits per heavy atom. The summed E-state index contributed by atoms with van der Waals surface area (Å²) in [4.78, 5) is 0. The molecule has 0 amide bonds. The zero-order valence-electron chi connectivity index (χ0n) is 12.8. The molecule has 0 fully saturated rings. The molecule has 21 heavy (non-hydrogen) atoms. The highest BCUT2D eigenvalue weighted by atomic mass is 32.2. The molecule has 1 heterocycles. The number of sulfonamides is 1. The van der Waals surface area contributed by atoms with Gasteiger partial charge in [0.1, 0.15) is 0 Å². The second-order valence-electron chi connectivity index (χ2n) is 5.63. The van der Waals surface area contributed by atoms with E-state index in [1.165, 1.54) is 5.56 Å². The van der Waals surface area contributed by atoms with Crippen LogP contribution >= 0.6 is 0 Å². The Kier molecular flexibility index (Phi) is 6.21.